The molecule has 2 aromatic rings. The third kappa shape index (κ3) is 3.09. The first kappa shape index (κ1) is 14.1. The number of nitrogen functional groups attached to an aromatic ring is 1. The average Bonchev–Trinajstić information content (AvgIpc) is 2.97. The van der Waals surface area contributed by atoms with Crippen LogP contribution >= 0.6 is 22.9 Å². The molecule has 108 valence electrons. The van der Waals surface area contributed by atoms with Crippen molar-refractivity contribution in [3.8, 4) is 0 Å². The maximum absolute atomic E-state index is 7.43. The summed E-state index contributed by atoms with van der Waals surface area (Å²) >= 11 is 7.51. The summed E-state index contributed by atoms with van der Waals surface area (Å²) in [5.74, 6) is 0.0749. The van der Waals surface area contributed by atoms with Gasteiger partial charge < -0.3 is 10.6 Å². The number of amidine groups is 1. The highest BCUT2D eigenvalue weighted by atomic mass is 35.5. The van der Waals surface area contributed by atoms with Crippen molar-refractivity contribution < 1.29 is 0 Å². The number of nitrogens with one attached hydrogen (secondary N) is 1. The van der Waals surface area contributed by atoms with Crippen molar-refractivity contribution >= 4 is 39.5 Å². The topological polar surface area (TPSA) is 66.0 Å². The van der Waals surface area contributed by atoms with Gasteiger partial charge in [0.15, 0.2) is 5.13 Å². The van der Waals surface area contributed by atoms with Crippen molar-refractivity contribution in [3.05, 3.63) is 52.0 Å². The van der Waals surface area contributed by atoms with Crippen LogP contribution in [0.3, 0.4) is 0 Å². The number of nitrogens with two attached hydrogens (primary N) is 1. The predicted octanol–water partition coefficient (Wildman–Crippen LogP) is 3.37. The summed E-state index contributed by atoms with van der Waals surface area (Å²) in [7, 11) is 0. The van der Waals surface area contributed by atoms with Gasteiger partial charge in [-0.05, 0) is 29.7 Å². The van der Waals surface area contributed by atoms with Crippen molar-refractivity contribution in [1.82, 2.24) is 4.98 Å². The van der Waals surface area contributed by atoms with Gasteiger partial charge in [-0.3, -0.25) is 5.41 Å². The molecule has 1 aliphatic rings. The second-order valence-corrected chi connectivity index (χ2v) is 6.30. The standard InChI is InChI=1S/C15H15ClN4S/c16-12-3-1-2-11(8-12)10-4-6-20(7-5-10)15-19-9-13(21-15)14(17)18/h1-4,8-9H,5-7H2,(H3,17,18). The molecule has 2 heterocycles. The Morgan fingerprint density at radius 3 is 2.90 bits per heavy atom. The van der Waals surface area contributed by atoms with E-state index in [0.29, 0.717) is 0 Å². The maximum atomic E-state index is 7.43. The summed E-state index contributed by atoms with van der Waals surface area (Å²) in [6, 6.07) is 7.95. The number of hydrogen-bond acceptors (Lipinski definition) is 4. The van der Waals surface area contributed by atoms with Crippen LogP contribution < -0.4 is 10.6 Å². The largest absolute Gasteiger partial charge is 0.383 e. The molecule has 21 heavy (non-hydrogen) atoms. The molecule has 3 N–H and O–H groups in total. The molecule has 0 saturated heterocycles. The summed E-state index contributed by atoms with van der Waals surface area (Å²) in [6.07, 6.45) is 4.83. The van der Waals surface area contributed by atoms with Gasteiger partial charge in [0, 0.05) is 18.1 Å². The third-order valence-electron chi connectivity index (χ3n) is 3.43. The van der Waals surface area contributed by atoms with Crippen LogP contribution in [-0.2, 0) is 0 Å². The van der Waals surface area contributed by atoms with Gasteiger partial charge in [0.2, 0.25) is 0 Å². The van der Waals surface area contributed by atoms with Gasteiger partial charge in [0.05, 0.1) is 11.1 Å². The van der Waals surface area contributed by atoms with E-state index < -0.39 is 0 Å². The highest BCUT2D eigenvalue weighted by Crippen LogP contribution is 2.29. The summed E-state index contributed by atoms with van der Waals surface area (Å²) in [5.41, 5.74) is 7.98. The van der Waals surface area contributed by atoms with Gasteiger partial charge in [0.25, 0.3) is 0 Å². The second-order valence-electron chi connectivity index (χ2n) is 4.86. The zero-order chi connectivity index (χ0) is 14.8. The normalized spacial score (nSPS) is 14.9. The first-order valence-electron chi connectivity index (χ1n) is 6.63. The SMILES string of the molecule is N=C(N)c1cnc(N2CC=C(c3cccc(Cl)c3)CC2)s1. The van der Waals surface area contributed by atoms with Gasteiger partial charge >= 0.3 is 0 Å². The lowest BCUT2D eigenvalue weighted by molar-refractivity contribution is 0.828. The Hall–Kier alpha value is -1.85. The first-order valence-corrected chi connectivity index (χ1v) is 7.83. The third-order valence-corrected chi connectivity index (χ3v) is 4.76. The molecule has 1 aromatic heterocycles. The van der Waals surface area contributed by atoms with Crippen LogP contribution in [-0.4, -0.2) is 23.9 Å². The van der Waals surface area contributed by atoms with E-state index in [2.05, 4.69) is 22.0 Å². The van der Waals surface area contributed by atoms with Crippen LogP contribution in [0.1, 0.15) is 16.9 Å². The fourth-order valence-electron chi connectivity index (χ4n) is 2.33. The predicted molar refractivity (Wildman–Crippen MR) is 89.4 cm³/mol. The lowest BCUT2D eigenvalue weighted by Crippen LogP contribution is -2.28. The number of halogens is 1. The Morgan fingerprint density at radius 1 is 1.43 bits per heavy atom. The summed E-state index contributed by atoms with van der Waals surface area (Å²) < 4.78 is 0. The molecule has 0 aliphatic carbocycles. The molecule has 3 rings (SSSR count). The van der Waals surface area contributed by atoms with E-state index in [0.717, 1.165) is 34.5 Å². The van der Waals surface area contributed by atoms with E-state index in [1.807, 2.05) is 18.2 Å². The van der Waals surface area contributed by atoms with Crippen molar-refractivity contribution in [2.45, 2.75) is 6.42 Å². The van der Waals surface area contributed by atoms with E-state index in [-0.39, 0.29) is 5.84 Å². The van der Waals surface area contributed by atoms with Crippen LogP contribution in [0.15, 0.2) is 36.5 Å². The van der Waals surface area contributed by atoms with E-state index in [4.69, 9.17) is 22.7 Å². The molecule has 1 aromatic carbocycles. The highest BCUT2D eigenvalue weighted by molar-refractivity contribution is 7.17. The van der Waals surface area contributed by atoms with Gasteiger partial charge in [-0.2, -0.15) is 0 Å². The van der Waals surface area contributed by atoms with Crippen molar-refractivity contribution in [2.75, 3.05) is 18.0 Å². The molecule has 0 saturated carbocycles. The Kier molecular flexibility index (Phi) is 3.94. The highest BCUT2D eigenvalue weighted by Gasteiger charge is 2.16. The molecule has 1 aliphatic heterocycles. The summed E-state index contributed by atoms with van der Waals surface area (Å²) in [4.78, 5) is 7.26. The minimum atomic E-state index is 0.0749. The maximum Gasteiger partial charge on any atom is 0.186 e. The van der Waals surface area contributed by atoms with Crippen LogP contribution in [0, 0.1) is 5.41 Å². The minimum Gasteiger partial charge on any atom is -0.383 e. The molecule has 0 spiro atoms. The van der Waals surface area contributed by atoms with Gasteiger partial charge in [-0.1, -0.05) is 41.1 Å². The average molecular weight is 319 g/mol. The van der Waals surface area contributed by atoms with E-state index >= 15 is 0 Å². The zero-order valence-electron chi connectivity index (χ0n) is 11.3. The van der Waals surface area contributed by atoms with Crippen LogP contribution in [0.2, 0.25) is 5.02 Å². The number of thiazole rings is 1. The molecule has 6 heteroatoms. The van der Waals surface area contributed by atoms with Crippen LogP contribution in [0.25, 0.3) is 5.57 Å². The van der Waals surface area contributed by atoms with E-state index in [1.54, 1.807) is 6.20 Å². The molecular weight excluding hydrogens is 304 g/mol. The number of benzene rings is 1. The lowest BCUT2D eigenvalue weighted by atomic mass is 10.00. The molecular formula is C15H15ClN4S. The van der Waals surface area contributed by atoms with Gasteiger partial charge in [-0.15, -0.1) is 0 Å². The molecule has 0 unspecified atom stereocenters. The smallest absolute Gasteiger partial charge is 0.186 e. The number of nitrogens with zero attached hydrogens (tertiary/aromatic N) is 2. The van der Waals surface area contributed by atoms with Gasteiger partial charge in [-0.25, -0.2) is 4.98 Å². The lowest BCUT2D eigenvalue weighted by Gasteiger charge is -2.26. The minimum absolute atomic E-state index is 0.0749. The molecule has 4 nitrogen and oxygen atoms in total. The van der Waals surface area contributed by atoms with Gasteiger partial charge in [0.1, 0.15) is 5.84 Å². The van der Waals surface area contributed by atoms with Crippen LogP contribution in [0.5, 0.6) is 0 Å². The van der Waals surface area contributed by atoms with E-state index in [1.165, 1.54) is 22.5 Å². The monoisotopic (exact) mass is 318 g/mol. The Bertz CT molecular complexity index is 707. The number of hydrogen-bond donors (Lipinski definition) is 2. The quantitative estimate of drug-likeness (QED) is 0.673. The number of rotatable bonds is 3. The first-order chi connectivity index (χ1) is 10.1. The van der Waals surface area contributed by atoms with Crippen molar-refractivity contribution in [1.29, 1.82) is 5.41 Å². The van der Waals surface area contributed by atoms with Crippen LogP contribution in [0.4, 0.5) is 5.13 Å². The molecule has 0 amide bonds. The fraction of sp³-hybridized carbons (Fsp3) is 0.200. The Balaban J connectivity index is 1.75. The summed E-state index contributed by atoms with van der Waals surface area (Å²) in [5, 5.41) is 9.12. The number of anilines is 1. The molecule has 0 bridgehead atoms. The zero-order valence-corrected chi connectivity index (χ0v) is 12.9. The summed E-state index contributed by atoms with van der Waals surface area (Å²) in [6.45, 7) is 1.72. The van der Waals surface area contributed by atoms with Crippen molar-refractivity contribution in [3.63, 3.8) is 0 Å². The Morgan fingerprint density at radius 2 is 2.29 bits per heavy atom. The fourth-order valence-corrected chi connectivity index (χ4v) is 3.33. The second kappa shape index (κ2) is 5.87. The molecule has 0 fully saturated rings. The Labute approximate surface area is 132 Å². The molecule has 0 atom stereocenters. The van der Waals surface area contributed by atoms with E-state index in [9.17, 15) is 0 Å². The number of aromatic nitrogens is 1. The van der Waals surface area contributed by atoms with Crippen molar-refractivity contribution in [2.24, 2.45) is 5.73 Å². The molecule has 0 radical (unpaired) electrons.